The van der Waals surface area contributed by atoms with E-state index in [0.29, 0.717) is 12.8 Å². The van der Waals surface area contributed by atoms with Crippen molar-refractivity contribution in [3.05, 3.63) is 48.0 Å². The number of rotatable bonds is 3. The number of fused-ring (bicyclic) bond motifs is 1. The average molecular weight is 267 g/mol. The predicted molar refractivity (Wildman–Crippen MR) is 77.2 cm³/mol. The van der Waals surface area contributed by atoms with Gasteiger partial charge in [-0.1, -0.05) is 36.4 Å². The minimum absolute atomic E-state index is 0.504. The van der Waals surface area contributed by atoms with Crippen LogP contribution < -0.4 is 0 Å². The molecule has 0 radical (unpaired) electrons. The molecule has 3 rings (SSSR count). The standard InChI is InChI=1S/C17H17NO2/c1-19-17(20-2)10-16(11-17,12-18)15-8-7-13-5-3-4-6-14(13)9-15/h3-9H,10-11H2,1-2H3. The van der Waals surface area contributed by atoms with Crippen LogP contribution in [0, 0.1) is 11.3 Å². The molecule has 2 aromatic rings. The van der Waals surface area contributed by atoms with E-state index in [1.807, 2.05) is 18.2 Å². The molecule has 0 unspecified atom stereocenters. The zero-order valence-electron chi connectivity index (χ0n) is 11.7. The molecule has 1 fully saturated rings. The van der Waals surface area contributed by atoms with Crippen LogP contribution in [0.5, 0.6) is 0 Å². The van der Waals surface area contributed by atoms with Gasteiger partial charge < -0.3 is 9.47 Å². The third kappa shape index (κ3) is 1.81. The fraction of sp³-hybridized carbons (Fsp3) is 0.353. The van der Waals surface area contributed by atoms with Crippen molar-refractivity contribution in [3.8, 4) is 6.07 Å². The summed E-state index contributed by atoms with van der Waals surface area (Å²) in [6.07, 6.45) is 1.14. The first-order valence-corrected chi connectivity index (χ1v) is 6.68. The van der Waals surface area contributed by atoms with E-state index in [4.69, 9.17) is 9.47 Å². The predicted octanol–water partition coefficient (Wildman–Crippen LogP) is 3.38. The number of ether oxygens (including phenoxy) is 2. The Morgan fingerprint density at radius 2 is 1.65 bits per heavy atom. The molecule has 1 aliphatic rings. The molecule has 20 heavy (non-hydrogen) atoms. The van der Waals surface area contributed by atoms with Crippen LogP contribution in [0.2, 0.25) is 0 Å². The van der Waals surface area contributed by atoms with E-state index in [-0.39, 0.29) is 0 Å². The quantitative estimate of drug-likeness (QED) is 0.800. The smallest absolute Gasteiger partial charge is 0.171 e. The summed E-state index contributed by atoms with van der Waals surface area (Å²) in [7, 11) is 3.26. The highest BCUT2D eigenvalue weighted by Gasteiger charge is 2.57. The van der Waals surface area contributed by atoms with Crippen molar-refractivity contribution in [2.24, 2.45) is 0 Å². The Morgan fingerprint density at radius 3 is 2.25 bits per heavy atom. The number of hydrogen-bond donors (Lipinski definition) is 0. The van der Waals surface area contributed by atoms with Gasteiger partial charge in [-0.05, 0) is 22.4 Å². The number of nitriles is 1. The van der Waals surface area contributed by atoms with Gasteiger partial charge in [-0.25, -0.2) is 0 Å². The van der Waals surface area contributed by atoms with Gasteiger partial charge in [-0.15, -0.1) is 0 Å². The SMILES string of the molecule is COC1(OC)CC(C#N)(c2ccc3ccccc3c2)C1. The molecule has 0 aromatic heterocycles. The average Bonchev–Trinajstić information content (AvgIpc) is 2.48. The summed E-state index contributed by atoms with van der Waals surface area (Å²) >= 11 is 0. The van der Waals surface area contributed by atoms with E-state index in [1.165, 1.54) is 5.39 Å². The van der Waals surface area contributed by atoms with E-state index in [1.54, 1.807) is 14.2 Å². The van der Waals surface area contributed by atoms with Crippen LogP contribution in [-0.2, 0) is 14.9 Å². The third-order valence-electron chi connectivity index (χ3n) is 4.40. The van der Waals surface area contributed by atoms with Crippen LogP contribution in [0.4, 0.5) is 0 Å². The van der Waals surface area contributed by atoms with Gasteiger partial charge in [0.05, 0.1) is 11.5 Å². The normalized spacial score (nSPS) is 19.2. The molecule has 0 spiro atoms. The molecular weight excluding hydrogens is 250 g/mol. The van der Waals surface area contributed by atoms with Gasteiger partial charge in [0.15, 0.2) is 5.79 Å². The topological polar surface area (TPSA) is 42.2 Å². The molecular formula is C17H17NO2. The van der Waals surface area contributed by atoms with E-state index in [2.05, 4.69) is 30.3 Å². The molecule has 0 saturated heterocycles. The fourth-order valence-corrected chi connectivity index (χ4v) is 3.07. The van der Waals surface area contributed by atoms with Crippen LogP contribution in [0.3, 0.4) is 0 Å². The zero-order chi connectivity index (χ0) is 14.2. The van der Waals surface area contributed by atoms with Gasteiger partial charge in [0.25, 0.3) is 0 Å². The van der Waals surface area contributed by atoms with Gasteiger partial charge >= 0.3 is 0 Å². The van der Waals surface area contributed by atoms with Crippen LogP contribution >= 0.6 is 0 Å². The van der Waals surface area contributed by atoms with Crippen LogP contribution in [0.15, 0.2) is 42.5 Å². The summed E-state index contributed by atoms with van der Waals surface area (Å²) in [5.41, 5.74) is 0.541. The van der Waals surface area contributed by atoms with Crippen molar-refractivity contribution in [1.29, 1.82) is 5.26 Å². The molecule has 2 aromatic carbocycles. The molecule has 102 valence electrons. The van der Waals surface area contributed by atoms with E-state index < -0.39 is 11.2 Å². The molecule has 0 N–H and O–H groups in total. The fourth-order valence-electron chi connectivity index (χ4n) is 3.07. The highest BCUT2D eigenvalue weighted by atomic mass is 16.7. The second kappa shape index (κ2) is 4.59. The van der Waals surface area contributed by atoms with Gasteiger partial charge in [-0.3, -0.25) is 0 Å². The Morgan fingerprint density at radius 1 is 1.00 bits per heavy atom. The van der Waals surface area contributed by atoms with Crippen LogP contribution in [-0.4, -0.2) is 20.0 Å². The second-order valence-electron chi connectivity index (χ2n) is 5.43. The van der Waals surface area contributed by atoms with Crippen LogP contribution in [0.1, 0.15) is 18.4 Å². The highest BCUT2D eigenvalue weighted by molar-refractivity contribution is 5.83. The Balaban J connectivity index is 2.00. The van der Waals surface area contributed by atoms with Crippen molar-refractivity contribution >= 4 is 10.8 Å². The Bertz CT molecular complexity index is 675. The van der Waals surface area contributed by atoms with Crippen LogP contribution in [0.25, 0.3) is 10.8 Å². The Hall–Kier alpha value is -1.89. The summed E-state index contributed by atoms with van der Waals surface area (Å²) in [6, 6.07) is 16.9. The monoisotopic (exact) mass is 267 g/mol. The second-order valence-corrected chi connectivity index (χ2v) is 5.43. The van der Waals surface area contributed by atoms with Crippen molar-refractivity contribution in [2.45, 2.75) is 24.0 Å². The van der Waals surface area contributed by atoms with E-state index in [9.17, 15) is 5.26 Å². The Labute approximate surface area is 118 Å². The first kappa shape index (κ1) is 13.1. The number of methoxy groups -OCH3 is 2. The highest BCUT2D eigenvalue weighted by Crippen LogP contribution is 2.52. The molecule has 0 bridgehead atoms. The first-order chi connectivity index (χ1) is 9.67. The van der Waals surface area contributed by atoms with Gasteiger partial charge in [0, 0.05) is 27.1 Å². The lowest BCUT2D eigenvalue weighted by molar-refractivity contribution is -0.269. The maximum Gasteiger partial charge on any atom is 0.171 e. The lowest BCUT2D eigenvalue weighted by Crippen LogP contribution is -2.56. The van der Waals surface area contributed by atoms with Gasteiger partial charge in [0.2, 0.25) is 0 Å². The number of hydrogen-bond acceptors (Lipinski definition) is 3. The molecule has 0 amide bonds. The van der Waals surface area contributed by atoms with Crippen molar-refractivity contribution in [1.82, 2.24) is 0 Å². The number of benzene rings is 2. The van der Waals surface area contributed by atoms with E-state index in [0.717, 1.165) is 10.9 Å². The van der Waals surface area contributed by atoms with Gasteiger partial charge in [0.1, 0.15) is 0 Å². The maximum atomic E-state index is 9.62. The zero-order valence-corrected chi connectivity index (χ0v) is 11.7. The molecule has 0 atom stereocenters. The molecule has 3 heteroatoms. The minimum Gasteiger partial charge on any atom is -0.353 e. The summed E-state index contributed by atoms with van der Waals surface area (Å²) in [4.78, 5) is 0. The van der Waals surface area contributed by atoms with Crippen molar-refractivity contribution in [2.75, 3.05) is 14.2 Å². The summed E-state index contributed by atoms with van der Waals surface area (Å²) in [5.74, 6) is -0.610. The number of nitrogens with zero attached hydrogens (tertiary/aromatic N) is 1. The third-order valence-corrected chi connectivity index (χ3v) is 4.40. The Kier molecular flexibility index (Phi) is 3.01. The van der Waals surface area contributed by atoms with Crippen molar-refractivity contribution in [3.63, 3.8) is 0 Å². The molecule has 0 heterocycles. The lowest BCUT2D eigenvalue weighted by Gasteiger charge is -2.50. The lowest BCUT2D eigenvalue weighted by atomic mass is 9.61. The summed E-state index contributed by atoms with van der Waals surface area (Å²) < 4.78 is 10.8. The van der Waals surface area contributed by atoms with E-state index >= 15 is 0 Å². The minimum atomic E-state index is -0.610. The largest absolute Gasteiger partial charge is 0.353 e. The first-order valence-electron chi connectivity index (χ1n) is 6.68. The maximum absolute atomic E-state index is 9.62. The van der Waals surface area contributed by atoms with Gasteiger partial charge in [-0.2, -0.15) is 5.26 Å². The molecule has 1 aliphatic carbocycles. The summed E-state index contributed by atoms with van der Waals surface area (Å²) in [5, 5.41) is 12.0. The van der Waals surface area contributed by atoms with Crippen molar-refractivity contribution < 1.29 is 9.47 Å². The molecule has 3 nitrogen and oxygen atoms in total. The summed E-state index contributed by atoms with van der Waals surface area (Å²) in [6.45, 7) is 0. The molecule has 1 saturated carbocycles. The molecule has 0 aliphatic heterocycles.